The van der Waals surface area contributed by atoms with Crippen LogP contribution >= 0.6 is 0 Å². The molecule has 4 rings (SSSR count). The van der Waals surface area contributed by atoms with E-state index < -0.39 is 0 Å². The van der Waals surface area contributed by atoms with Gasteiger partial charge in [-0.25, -0.2) is 0 Å². The van der Waals surface area contributed by atoms with Crippen molar-refractivity contribution in [1.29, 1.82) is 0 Å². The van der Waals surface area contributed by atoms with Crippen LogP contribution in [0.25, 0.3) is 35.6 Å². The van der Waals surface area contributed by atoms with E-state index >= 15 is 0 Å². The summed E-state index contributed by atoms with van der Waals surface area (Å²) in [5, 5.41) is 7.99. The highest BCUT2D eigenvalue weighted by atomic mass is 15.1. The summed E-state index contributed by atoms with van der Waals surface area (Å²) in [6.07, 6.45) is 8.75. The van der Waals surface area contributed by atoms with Crippen molar-refractivity contribution >= 4 is 35.6 Å². The van der Waals surface area contributed by atoms with Gasteiger partial charge < -0.3 is 9.80 Å². The zero-order chi connectivity index (χ0) is 12.3. The Morgan fingerprint density at radius 1 is 0.556 bits per heavy atom. The van der Waals surface area contributed by atoms with Crippen LogP contribution in [-0.2, 0) is 0 Å². The Bertz CT molecular complexity index is 759. The van der Waals surface area contributed by atoms with E-state index in [0.29, 0.717) is 0 Å². The molecule has 0 N–H and O–H groups in total. The quantitative estimate of drug-likeness (QED) is 0.616. The third-order valence-corrected chi connectivity index (χ3v) is 3.66. The van der Waals surface area contributed by atoms with Crippen molar-refractivity contribution in [2.75, 3.05) is 14.1 Å². The van der Waals surface area contributed by atoms with Crippen molar-refractivity contribution in [3.05, 3.63) is 45.1 Å². The van der Waals surface area contributed by atoms with Crippen molar-refractivity contribution in [3.8, 4) is 0 Å². The lowest BCUT2D eigenvalue weighted by Gasteiger charge is -2.18. The lowest BCUT2D eigenvalue weighted by molar-refractivity contribution is 0.731. The maximum Gasteiger partial charge on any atom is 0.0110 e. The first-order chi connectivity index (χ1) is 8.72. The monoisotopic (exact) mass is 234 g/mol. The predicted molar refractivity (Wildman–Crippen MR) is 75.8 cm³/mol. The Hall–Kier alpha value is -2.22. The molecule has 0 amide bonds. The molecule has 0 spiro atoms. The molecule has 2 aromatic rings. The van der Waals surface area contributed by atoms with Gasteiger partial charge in [-0.15, -0.1) is 0 Å². The molecule has 18 heavy (non-hydrogen) atoms. The van der Waals surface area contributed by atoms with Crippen LogP contribution in [-0.4, -0.2) is 23.9 Å². The highest BCUT2D eigenvalue weighted by Gasteiger charge is 2.08. The second-order valence-electron chi connectivity index (χ2n) is 5.09. The summed E-state index contributed by atoms with van der Waals surface area (Å²) in [7, 11) is 4.16. The van der Waals surface area contributed by atoms with Crippen LogP contribution in [0.4, 0.5) is 0 Å². The highest BCUT2D eigenvalue weighted by molar-refractivity contribution is 5.88. The Morgan fingerprint density at radius 3 is 1.11 bits per heavy atom. The van der Waals surface area contributed by atoms with Crippen LogP contribution in [0.3, 0.4) is 0 Å². The Morgan fingerprint density at radius 2 is 0.833 bits per heavy atom. The van der Waals surface area contributed by atoms with Gasteiger partial charge in [0.05, 0.1) is 0 Å². The SMILES string of the molecule is CN1C=c2ccc3c4c(ccc(c24)=C1)=CN(C)C=3. The molecule has 0 aliphatic carbocycles. The molecule has 2 aliphatic heterocycles. The first-order valence-electron chi connectivity index (χ1n) is 6.15. The van der Waals surface area contributed by atoms with E-state index in [1.54, 1.807) is 0 Å². The molecule has 0 radical (unpaired) electrons. The molecule has 2 heterocycles. The average Bonchev–Trinajstić information content (AvgIpc) is 2.34. The Kier molecular flexibility index (Phi) is 1.72. The Balaban J connectivity index is 2.39. The molecule has 0 bridgehead atoms. The van der Waals surface area contributed by atoms with Gasteiger partial charge in [-0.05, 0) is 20.9 Å². The largest absolute Gasteiger partial charge is 0.356 e. The third-order valence-electron chi connectivity index (χ3n) is 3.66. The van der Waals surface area contributed by atoms with E-state index in [-0.39, 0.29) is 0 Å². The maximum absolute atomic E-state index is 2.21. The average molecular weight is 234 g/mol. The van der Waals surface area contributed by atoms with Crippen molar-refractivity contribution in [2.24, 2.45) is 0 Å². The zero-order valence-corrected chi connectivity index (χ0v) is 10.5. The van der Waals surface area contributed by atoms with Gasteiger partial charge in [-0.1, -0.05) is 24.3 Å². The van der Waals surface area contributed by atoms with E-state index in [0.717, 1.165) is 0 Å². The van der Waals surface area contributed by atoms with Gasteiger partial charge in [-0.3, -0.25) is 0 Å². The molecule has 0 unspecified atom stereocenters. The Labute approximate surface area is 105 Å². The van der Waals surface area contributed by atoms with Crippen LogP contribution < -0.4 is 20.9 Å². The molecule has 88 valence electrons. The number of benzene rings is 2. The second kappa shape index (κ2) is 3.16. The second-order valence-corrected chi connectivity index (χ2v) is 5.09. The summed E-state index contributed by atoms with van der Waals surface area (Å²) < 4.78 is 0. The molecule has 0 saturated heterocycles. The minimum absolute atomic E-state index is 1.31. The first kappa shape index (κ1) is 9.77. The summed E-state index contributed by atoms with van der Waals surface area (Å²) in [5.41, 5.74) is 0. The lowest BCUT2D eigenvalue weighted by Crippen LogP contribution is -2.33. The summed E-state index contributed by atoms with van der Waals surface area (Å²) in [4.78, 5) is 4.25. The maximum atomic E-state index is 2.21. The van der Waals surface area contributed by atoms with Gasteiger partial charge in [0.2, 0.25) is 0 Å². The van der Waals surface area contributed by atoms with Gasteiger partial charge in [0.15, 0.2) is 0 Å². The number of hydrogen-bond acceptors (Lipinski definition) is 2. The molecule has 0 atom stereocenters. The molecule has 2 aromatic carbocycles. The van der Waals surface area contributed by atoms with Crippen molar-refractivity contribution in [2.45, 2.75) is 0 Å². The standard InChI is InChI=1S/C16H14N2/c1-17-7-11-3-5-13-9-18(2)10-14-6-4-12(8-17)15(11)16(13)14/h3-10H,1-2H3. The van der Waals surface area contributed by atoms with Crippen molar-refractivity contribution < 1.29 is 0 Å². The minimum atomic E-state index is 1.31. The fraction of sp³-hybridized carbons (Fsp3) is 0.125. The first-order valence-corrected chi connectivity index (χ1v) is 6.15. The van der Waals surface area contributed by atoms with E-state index in [9.17, 15) is 0 Å². The molecule has 0 fully saturated rings. The number of nitrogens with zero attached hydrogens (tertiary/aromatic N) is 2. The normalized spacial score (nSPS) is 15.7. The van der Waals surface area contributed by atoms with Gasteiger partial charge in [0.1, 0.15) is 0 Å². The van der Waals surface area contributed by atoms with Crippen LogP contribution in [0.5, 0.6) is 0 Å². The molecular formula is C16H14N2. The van der Waals surface area contributed by atoms with Crippen molar-refractivity contribution in [1.82, 2.24) is 9.80 Å². The molecule has 2 nitrogen and oxygen atoms in total. The minimum Gasteiger partial charge on any atom is -0.356 e. The van der Waals surface area contributed by atoms with Gasteiger partial charge >= 0.3 is 0 Å². The van der Waals surface area contributed by atoms with Crippen LogP contribution in [0.2, 0.25) is 0 Å². The van der Waals surface area contributed by atoms with Gasteiger partial charge in [-0.2, -0.15) is 0 Å². The molecule has 2 aliphatic rings. The number of rotatable bonds is 0. The van der Waals surface area contributed by atoms with E-state index in [4.69, 9.17) is 0 Å². The van der Waals surface area contributed by atoms with E-state index in [1.807, 2.05) is 0 Å². The van der Waals surface area contributed by atoms with Crippen LogP contribution in [0.15, 0.2) is 24.3 Å². The summed E-state index contributed by atoms with van der Waals surface area (Å²) in [6, 6.07) is 8.85. The molecule has 0 aromatic heterocycles. The molecule has 0 saturated carbocycles. The van der Waals surface area contributed by atoms with Crippen molar-refractivity contribution in [3.63, 3.8) is 0 Å². The fourth-order valence-electron chi connectivity index (χ4n) is 2.99. The summed E-state index contributed by atoms with van der Waals surface area (Å²) in [5.74, 6) is 0. The van der Waals surface area contributed by atoms with Crippen LogP contribution in [0, 0.1) is 0 Å². The highest BCUT2D eigenvalue weighted by Crippen LogP contribution is 2.03. The number of hydrogen-bond donors (Lipinski definition) is 0. The topological polar surface area (TPSA) is 6.48 Å². The summed E-state index contributed by atoms with van der Waals surface area (Å²) >= 11 is 0. The van der Waals surface area contributed by atoms with Gasteiger partial charge in [0.25, 0.3) is 0 Å². The third kappa shape index (κ3) is 1.17. The predicted octanol–water partition coefficient (Wildman–Crippen LogP) is -0.317. The lowest BCUT2D eigenvalue weighted by atomic mass is 10.00. The fourth-order valence-corrected chi connectivity index (χ4v) is 2.99. The smallest absolute Gasteiger partial charge is 0.0110 e. The van der Waals surface area contributed by atoms with Crippen LogP contribution in [0.1, 0.15) is 0 Å². The molecular weight excluding hydrogens is 220 g/mol. The summed E-state index contributed by atoms with van der Waals surface area (Å²) in [6.45, 7) is 0. The zero-order valence-electron chi connectivity index (χ0n) is 10.5. The molecule has 2 heteroatoms. The van der Waals surface area contributed by atoms with E-state index in [1.165, 1.54) is 31.6 Å². The van der Waals surface area contributed by atoms with E-state index in [2.05, 4.69) is 73.0 Å². The van der Waals surface area contributed by atoms with Gasteiger partial charge in [0, 0.05) is 49.7 Å².